The molecule has 0 unspecified atom stereocenters. The average molecular weight is 390 g/mol. The minimum Gasteiger partial charge on any atom is -0.381 e. The zero-order valence-corrected chi connectivity index (χ0v) is 16.0. The maximum absolute atomic E-state index is 12.4. The summed E-state index contributed by atoms with van der Waals surface area (Å²) < 4.78 is 7.13. The average Bonchev–Trinajstić information content (AvgIpc) is 3.40. The van der Waals surface area contributed by atoms with Gasteiger partial charge in [-0.3, -0.25) is 9.55 Å². The van der Waals surface area contributed by atoms with E-state index in [2.05, 4.69) is 19.9 Å². The molecule has 0 saturated carbocycles. The fraction of sp³-hybridized carbons (Fsp3) is 0.333. The first-order valence-corrected chi connectivity index (χ1v) is 9.91. The number of hydrogen-bond acceptors (Lipinski definition) is 5. The van der Waals surface area contributed by atoms with E-state index >= 15 is 0 Å². The van der Waals surface area contributed by atoms with Crippen LogP contribution < -0.4 is 5.69 Å². The Morgan fingerprint density at radius 3 is 2.66 bits per heavy atom. The number of nitrogens with zero attached hydrogens (tertiary/aromatic N) is 4. The minimum atomic E-state index is -0.155. The monoisotopic (exact) mass is 390 g/mol. The van der Waals surface area contributed by atoms with Crippen molar-refractivity contribution in [3.63, 3.8) is 0 Å². The quantitative estimate of drug-likeness (QED) is 0.545. The number of fused-ring (bicyclic) bond motifs is 1. The summed E-state index contributed by atoms with van der Waals surface area (Å²) in [5.74, 6) is 1.41. The maximum atomic E-state index is 12.4. The van der Waals surface area contributed by atoms with Gasteiger partial charge in [0.2, 0.25) is 0 Å². The van der Waals surface area contributed by atoms with Crippen LogP contribution >= 0.6 is 0 Å². The van der Waals surface area contributed by atoms with Crippen LogP contribution in [-0.4, -0.2) is 42.7 Å². The standard InChI is InChI=1S/C21H22N6O2/c28-21-26-19-20(27(21)10-5-14-6-11-29-12-7-14)25-17(13-24-19)15-1-3-16(4-2-15)18-22-8-9-23-18/h1-4,8-9,13-14H,5-7,10-12H2,(H,22,23)(H,24,26,28). The molecule has 1 aliphatic heterocycles. The first-order chi connectivity index (χ1) is 14.3. The highest BCUT2D eigenvalue weighted by Crippen LogP contribution is 2.23. The van der Waals surface area contributed by atoms with Crippen molar-refractivity contribution in [2.45, 2.75) is 25.8 Å². The molecule has 0 bridgehead atoms. The van der Waals surface area contributed by atoms with E-state index in [4.69, 9.17) is 9.72 Å². The van der Waals surface area contributed by atoms with Crippen LogP contribution in [0.5, 0.6) is 0 Å². The van der Waals surface area contributed by atoms with Gasteiger partial charge < -0.3 is 9.72 Å². The van der Waals surface area contributed by atoms with Gasteiger partial charge in [-0.1, -0.05) is 24.3 Å². The summed E-state index contributed by atoms with van der Waals surface area (Å²) >= 11 is 0. The van der Waals surface area contributed by atoms with E-state index < -0.39 is 0 Å². The number of imidazole rings is 2. The number of benzene rings is 1. The Hall–Kier alpha value is -3.26. The van der Waals surface area contributed by atoms with Crippen molar-refractivity contribution in [1.82, 2.24) is 29.5 Å². The van der Waals surface area contributed by atoms with Crippen LogP contribution in [-0.2, 0) is 11.3 Å². The van der Waals surface area contributed by atoms with Crippen LogP contribution in [0, 0.1) is 5.92 Å². The summed E-state index contributed by atoms with van der Waals surface area (Å²) in [5, 5.41) is 0. The molecular formula is C21H22N6O2. The van der Waals surface area contributed by atoms with Crippen LogP contribution in [0.4, 0.5) is 0 Å². The molecule has 3 aromatic heterocycles. The molecule has 148 valence electrons. The van der Waals surface area contributed by atoms with Crippen molar-refractivity contribution in [2.75, 3.05) is 13.2 Å². The smallest absolute Gasteiger partial charge is 0.328 e. The van der Waals surface area contributed by atoms with E-state index in [-0.39, 0.29) is 5.69 Å². The molecule has 1 aliphatic rings. The molecule has 2 N–H and O–H groups in total. The number of aromatic amines is 2. The van der Waals surface area contributed by atoms with Crippen LogP contribution in [0.1, 0.15) is 19.3 Å². The normalized spacial score (nSPS) is 15.2. The molecule has 0 atom stereocenters. The van der Waals surface area contributed by atoms with Crippen LogP contribution in [0.15, 0.2) is 47.7 Å². The first-order valence-electron chi connectivity index (χ1n) is 9.91. The second kappa shape index (κ2) is 7.63. The van der Waals surface area contributed by atoms with Gasteiger partial charge in [0.05, 0.1) is 11.9 Å². The van der Waals surface area contributed by atoms with Gasteiger partial charge >= 0.3 is 5.69 Å². The lowest BCUT2D eigenvalue weighted by Gasteiger charge is -2.21. The zero-order valence-electron chi connectivity index (χ0n) is 16.0. The van der Waals surface area contributed by atoms with Gasteiger partial charge in [0.25, 0.3) is 0 Å². The Kier molecular flexibility index (Phi) is 4.69. The molecular weight excluding hydrogens is 368 g/mol. The number of aryl methyl sites for hydroxylation is 1. The van der Waals surface area contributed by atoms with Gasteiger partial charge in [0.1, 0.15) is 5.82 Å². The fourth-order valence-electron chi connectivity index (χ4n) is 3.84. The zero-order chi connectivity index (χ0) is 19.6. The van der Waals surface area contributed by atoms with E-state index in [0.29, 0.717) is 23.8 Å². The molecule has 29 heavy (non-hydrogen) atoms. The minimum absolute atomic E-state index is 0.155. The van der Waals surface area contributed by atoms with Gasteiger partial charge in [-0.15, -0.1) is 0 Å². The Morgan fingerprint density at radius 2 is 1.90 bits per heavy atom. The number of H-pyrrole nitrogens is 2. The lowest BCUT2D eigenvalue weighted by atomic mass is 9.97. The van der Waals surface area contributed by atoms with Crippen molar-refractivity contribution >= 4 is 11.3 Å². The molecule has 0 aliphatic carbocycles. The number of aromatic nitrogens is 6. The SMILES string of the molecule is O=c1[nH]c2ncc(-c3ccc(-c4ncc[nH]4)cc3)nc2n1CCC1CCOCC1. The summed E-state index contributed by atoms with van der Waals surface area (Å²) in [4.78, 5) is 31.8. The molecule has 4 heterocycles. The Bertz CT molecular complexity index is 1150. The summed E-state index contributed by atoms with van der Waals surface area (Å²) in [5.41, 5.74) is 3.66. The van der Waals surface area contributed by atoms with E-state index in [0.717, 1.165) is 55.1 Å². The van der Waals surface area contributed by atoms with E-state index in [1.165, 1.54) is 0 Å². The van der Waals surface area contributed by atoms with Crippen molar-refractivity contribution < 1.29 is 4.74 Å². The number of rotatable bonds is 5. The topological polar surface area (TPSA) is 101 Å². The summed E-state index contributed by atoms with van der Waals surface area (Å²) in [6.07, 6.45) is 8.28. The molecule has 0 radical (unpaired) electrons. The molecule has 5 rings (SSSR count). The number of nitrogens with one attached hydrogen (secondary N) is 2. The number of hydrogen-bond donors (Lipinski definition) is 2. The van der Waals surface area contributed by atoms with Gasteiger partial charge in [-0.2, -0.15) is 0 Å². The van der Waals surface area contributed by atoms with E-state index in [1.54, 1.807) is 23.2 Å². The first kappa shape index (κ1) is 17.8. The molecule has 4 aromatic rings. The van der Waals surface area contributed by atoms with E-state index in [9.17, 15) is 4.79 Å². The van der Waals surface area contributed by atoms with Gasteiger partial charge in [-0.05, 0) is 25.2 Å². The van der Waals surface area contributed by atoms with Crippen molar-refractivity contribution in [1.29, 1.82) is 0 Å². The van der Waals surface area contributed by atoms with E-state index in [1.807, 2.05) is 24.3 Å². The van der Waals surface area contributed by atoms with Gasteiger partial charge in [0.15, 0.2) is 11.3 Å². The summed E-state index contributed by atoms with van der Waals surface area (Å²) in [7, 11) is 0. The van der Waals surface area contributed by atoms with Crippen LogP contribution in [0.25, 0.3) is 33.9 Å². The molecule has 8 heteroatoms. The Balaban J connectivity index is 1.42. The summed E-state index contributed by atoms with van der Waals surface area (Å²) in [6, 6.07) is 7.97. The third kappa shape index (κ3) is 3.58. The maximum Gasteiger partial charge on any atom is 0.328 e. The lowest BCUT2D eigenvalue weighted by molar-refractivity contribution is 0.0626. The molecule has 8 nitrogen and oxygen atoms in total. The predicted octanol–water partition coefficient (Wildman–Crippen LogP) is 2.99. The van der Waals surface area contributed by atoms with Gasteiger partial charge in [0, 0.05) is 43.3 Å². The van der Waals surface area contributed by atoms with Crippen molar-refractivity contribution in [2.24, 2.45) is 5.92 Å². The highest BCUT2D eigenvalue weighted by Gasteiger charge is 2.16. The van der Waals surface area contributed by atoms with Crippen LogP contribution in [0.3, 0.4) is 0 Å². The second-order valence-electron chi connectivity index (χ2n) is 7.37. The highest BCUT2D eigenvalue weighted by molar-refractivity contribution is 5.72. The molecule has 0 amide bonds. The Morgan fingerprint density at radius 1 is 1.10 bits per heavy atom. The highest BCUT2D eigenvalue weighted by atomic mass is 16.5. The molecule has 0 spiro atoms. The lowest BCUT2D eigenvalue weighted by Crippen LogP contribution is -2.22. The predicted molar refractivity (Wildman–Crippen MR) is 109 cm³/mol. The largest absolute Gasteiger partial charge is 0.381 e. The summed E-state index contributed by atoms with van der Waals surface area (Å²) in [6.45, 7) is 2.26. The molecule has 1 saturated heterocycles. The van der Waals surface area contributed by atoms with Crippen molar-refractivity contribution in [3.8, 4) is 22.6 Å². The number of ether oxygens (including phenoxy) is 1. The fourth-order valence-corrected chi connectivity index (χ4v) is 3.84. The third-order valence-corrected chi connectivity index (χ3v) is 5.53. The second-order valence-corrected chi connectivity index (χ2v) is 7.37. The Labute approximate surface area is 167 Å². The van der Waals surface area contributed by atoms with Gasteiger partial charge in [-0.25, -0.2) is 19.7 Å². The van der Waals surface area contributed by atoms with Crippen LogP contribution in [0.2, 0.25) is 0 Å². The van der Waals surface area contributed by atoms with Crippen molar-refractivity contribution in [3.05, 3.63) is 53.3 Å². The molecule has 1 aromatic carbocycles. The third-order valence-electron chi connectivity index (χ3n) is 5.53. The molecule has 1 fully saturated rings.